The van der Waals surface area contributed by atoms with E-state index in [9.17, 15) is 9.90 Å². The molecule has 7 heteroatoms. The van der Waals surface area contributed by atoms with Crippen LogP contribution >= 0.6 is 11.6 Å². The van der Waals surface area contributed by atoms with E-state index >= 15 is 0 Å². The van der Waals surface area contributed by atoms with Crippen molar-refractivity contribution >= 4 is 28.9 Å². The minimum Gasteiger partial charge on any atom is -0.390 e. The van der Waals surface area contributed by atoms with E-state index in [0.29, 0.717) is 26.3 Å². The fourth-order valence-corrected chi connectivity index (χ4v) is 3.13. The first-order valence-corrected chi connectivity index (χ1v) is 9.15. The highest BCUT2D eigenvalue weighted by Crippen LogP contribution is 2.25. The predicted octanol–water partition coefficient (Wildman–Crippen LogP) is 1.65. The Balaban J connectivity index is 1.65. The van der Waals surface area contributed by atoms with Crippen molar-refractivity contribution in [2.75, 3.05) is 55.5 Å². The monoisotopic (exact) mass is 365 g/mol. The number of benzene rings is 1. The SMILES string of the molecule is O=C1C(N2CCOCC2)=CCCN1c1ccc(NCC(O)CCl)cc1. The lowest BCUT2D eigenvalue weighted by atomic mass is 10.1. The van der Waals surface area contributed by atoms with Gasteiger partial charge < -0.3 is 25.0 Å². The highest BCUT2D eigenvalue weighted by Gasteiger charge is 2.28. The van der Waals surface area contributed by atoms with Crippen LogP contribution in [0.4, 0.5) is 11.4 Å². The summed E-state index contributed by atoms with van der Waals surface area (Å²) in [6.07, 6.45) is 2.31. The topological polar surface area (TPSA) is 65.0 Å². The molecule has 1 aromatic rings. The molecule has 1 fully saturated rings. The molecule has 2 aliphatic heterocycles. The van der Waals surface area contributed by atoms with Crippen molar-refractivity contribution in [3.05, 3.63) is 36.0 Å². The van der Waals surface area contributed by atoms with Gasteiger partial charge in [0.1, 0.15) is 0 Å². The number of rotatable bonds is 6. The Kier molecular flexibility index (Phi) is 6.18. The minimum absolute atomic E-state index is 0.0476. The summed E-state index contributed by atoms with van der Waals surface area (Å²) in [5.74, 6) is 0.246. The van der Waals surface area contributed by atoms with E-state index in [4.69, 9.17) is 16.3 Å². The maximum Gasteiger partial charge on any atom is 0.274 e. The Morgan fingerprint density at radius 2 is 1.92 bits per heavy atom. The van der Waals surface area contributed by atoms with Gasteiger partial charge in [0.25, 0.3) is 5.91 Å². The molecular formula is C18H24ClN3O3. The molecule has 0 aromatic heterocycles. The van der Waals surface area contributed by atoms with E-state index in [2.05, 4.69) is 10.2 Å². The van der Waals surface area contributed by atoms with Crippen LogP contribution in [0, 0.1) is 0 Å². The number of hydrogen-bond acceptors (Lipinski definition) is 5. The molecule has 0 aliphatic carbocycles. The zero-order chi connectivity index (χ0) is 17.6. The molecule has 0 saturated carbocycles. The number of aliphatic hydroxyl groups excluding tert-OH is 1. The molecule has 136 valence electrons. The smallest absolute Gasteiger partial charge is 0.274 e. The van der Waals surface area contributed by atoms with Gasteiger partial charge in [-0.3, -0.25) is 4.79 Å². The van der Waals surface area contributed by atoms with Crippen LogP contribution in [0.1, 0.15) is 6.42 Å². The number of carbonyl (C=O) groups is 1. The van der Waals surface area contributed by atoms with Crippen LogP contribution in [-0.2, 0) is 9.53 Å². The second-order valence-electron chi connectivity index (χ2n) is 6.17. The second kappa shape index (κ2) is 8.56. The molecule has 1 unspecified atom stereocenters. The number of alkyl halides is 1. The summed E-state index contributed by atoms with van der Waals surface area (Å²) in [7, 11) is 0. The Bertz CT molecular complexity index is 614. The lowest BCUT2D eigenvalue weighted by Crippen LogP contribution is -2.45. The number of amides is 1. The van der Waals surface area contributed by atoms with Gasteiger partial charge in [-0.15, -0.1) is 11.6 Å². The summed E-state index contributed by atoms with van der Waals surface area (Å²) in [4.78, 5) is 16.8. The summed E-state index contributed by atoms with van der Waals surface area (Å²) in [5.41, 5.74) is 2.55. The lowest BCUT2D eigenvalue weighted by molar-refractivity contribution is -0.117. The number of halogens is 1. The number of aliphatic hydroxyl groups is 1. The van der Waals surface area contributed by atoms with Crippen molar-refractivity contribution in [3.63, 3.8) is 0 Å². The van der Waals surface area contributed by atoms with Gasteiger partial charge >= 0.3 is 0 Å². The third-order valence-corrected chi connectivity index (χ3v) is 4.76. The van der Waals surface area contributed by atoms with Gasteiger partial charge in [-0.2, -0.15) is 0 Å². The molecule has 1 saturated heterocycles. The van der Waals surface area contributed by atoms with Gasteiger partial charge in [0.05, 0.1) is 30.9 Å². The first-order chi connectivity index (χ1) is 12.2. The van der Waals surface area contributed by atoms with Gasteiger partial charge in [-0.25, -0.2) is 0 Å². The quantitative estimate of drug-likeness (QED) is 0.750. The van der Waals surface area contributed by atoms with Crippen molar-refractivity contribution < 1.29 is 14.6 Å². The van der Waals surface area contributed by atoms with E-state index in [1.54, 1.807) is 0 Å². The number of hydrogen-bond donors (Lipinski definition) is 2. The van der Waals surface area contributed by atoms with Crippen LogP contribution in [-0.4, -0.2) is 67.3 Å². The highest BCUT2D eigenvalue weighted by molar-refractivity contribution is 6.18. The highest BCUT2D eigenvalue weighted by atomic mass is 35.5. The Hall–Kier alpha value is -1.76. The van der Waals surface area contributed by atoms with Crippen molar-refractivity contribution in [1.29, 1.82) is 0 Å². The number of anilines is 2. The van der Waals surface area contributed by atoms with Gasteiger partial charge in [0, 0.05) is 37.6 Å². The standard InChI is InChI=1S/C18H24ClN3O3/c19-12-16(23)13-20-14-3-5-15(6-4-14)22-7-1-2-17(18(22)24)21-8-10-25-11-9-21/h2-6,16,20,23H,1,7-13H2. The molecule has 2 aliphatic rings. The largest absolute Gasteiger partial charge is 0.390 e. The average Bonchev–Trinajstić information content (AvgIpc) is 2.67. The van der Waals surface area contributed by atoms with E-state index in [-0.39, 0.29) is 11.8 Å². The van der Waals surface area contributed by atoms with Crippen LogP contribution in [0.5, 0.6) is 0 Å². The number of carbonyl (C=O) groups excluding carboxylic acids is 1. The molecule has 0 radical (unpaired) electrons. The zero-order valence-electron chi connectivity index (χ0n) is 14.2. The number of morpholine rings is 1. The second-order valence-corrected chi connectivity index (χ2v) is 6.48. The fraction of sp³-hybridized carbons (Fsp3) is 0.500. The maximum atomic E-state index is 12.9. The van der Waals surface area contributed by atoms with Gasteiger partial charge in [-0.05, 0) is 30.7 Å². The molecule has 3 rings (SSSR count). The molecule has 6 nitrogen and oxygen atoms in total. The van der Waals surface area contributed by atoms with Crippen molar-refractivity contribution in [3.8, 4) is 0 Å². The molecule has 1 aromatic carbocycles. The van der Waals surface area contributed by atoms with Gasteiger partial charge in [0.2, 0.25) is 0 Å². The van der Waals surface area contributed by atoms with E-state index in [1.807, 2.05) is 35.2 Å². The summed E-state index contributed by atoms with van der Waals surface area (Å²) in [6, 6.07) is 7.68. The molecule has 25 heavy (non-hydrogen) atoms. The fourth-order valence-electron chi connectivity index (χ4n) is 3.02. The van der Waals surface area contributed by atoms with Crippen LogP contribution in [0.15, 0.2) is 36.0 Å². The normalized spacial score (nSPS) is 19.6. The first kappa shape index (κ1) is 18.0. The lowest BCUT2D eigenvalue weighted by Gasteiger charge is -2.35. The predicted molar refractivity (Wildman–Crippen MR) is 99.1 cm³/mol. The first-order valence-electron chi connectivity index (χ1n) is 8.61. The third kappa shape index (κ3) is 4.45. The molecule has 1 amide bonds. The van der Waals surface area contributed by atoms with E-state index in [0.717, 1.165) is 36.6 Å². The minimum atomic E-state index is -0.578. The molecule has 2 N–H and O–H groups in total. The van der Waals surface area contributed by atoms with Gasteiger partial charge in [0.15, 0.2) is 0 Å². The number of nitrogens with zero attached hydrogens (tertiary/aromatic N) is 2. The molecule has 0 bridgehead atoms. The summed E-state index contributed by atoms with van der Waals surface area (Å²) >= 11 is 5.59. The average molecular weight is 366 g/mol. The Morgan fingerprint density at radius 1 is 1.20 bits per heavy atom. The van der Waals surface area contributed by atoms with Crippen LogP contribution < -0.4 is 10.2 Å². The number of ether oxygens (including phenoxy) is 1. The number of nitrogens with one attached hydrogen (secondary N) is 1. The van der Waals surface area contributed by atoms with Crippen molar-refractivity contribution in [1.82, 2.24) is 4.90 Å². The third-order valence-electron chi connectivity index (χ3n) is 4.41. The van der Waals surface area contributed by atoms with Gasteiger partial charge in [-0.1, -0.05) is 6.08 Å². The summed E-state index contributed by atoms with van der Waals surface area (Å²) in [5, 5.41) is 12.6. The molecular weight excluding hydrogens is 342 g/mol. The van der Waals surface area contributed by atoms with Crippen molar-refractivity contribution in [2.45, 2.75) is 12.5 Å². The molecule has 2 heterocycles. The maximum absolute atomic E-state index is 12.9. The van der Waals surface area contributed by atoms with Crippen molar-refractivity contribution in [2.24, 2.45) is 0 Å². The molecule has 0 spiro atoms. The van der Waals surface area contributed by atoms with Crippen LogP contribution in [0.3, 0.4) is 0 Å². The van der Waals surface area contributed by atoms with Crippen LogP contribution in [0.2, 0.25) is 0 Å². The van der Waals surface area contributed by atoms with E-state index in [1.165, 1.54) is 0 Å². The van der Waals surface area contributed by atoms with E-state index < -0.39 is 6.10 Å². The Labute approximate surface area is 153 Å². The zero-order valence-corrected chi connectivity index (χ0v) is 14.9. The summed E-state index contributed by atoms with van der Waals surface area (Å²) in [6.45, 7) is 3.94. The summed E-state index contributed by atoms with van der Waals surface area (Å²) < 4.78 is 5.37. The van der Waals surface area contributed by atoms with Crippen LogP contribution in [0.25, 0.3) is 0 Å². The Morgan fingerprint density at radius 3 is 2.60 bits per heavy atom. The molecule has 1 atom stereocenters.